The maximum atomic E-state index is 12.8. The van der Waals surface area contributed by atoms with E-state index in [-0.39, 0.29) is 48.0 Å². The van der Waals surface area contributed by atoms with Gasteiger partial charge in [-0.15, -0.1) is 0 Å². The van der Waals surface area contributed by atoms with Crippen LogP contribution in [0.5, 0.6) is 11.5 Å². The lowest BCUT2D eigenvalue weighted by molar-refractivity contribution is -0.140. The van der Waals surface area contributed by atoms with Gasteiger partial charge in [-0.05, 0) is 70.6 Å². The summed E-state index contributed by atoms with van der Waals surface area (Å²) in [5, 5.41) is 8.49. The lowest BCUT2D eigenvalue weighted by Gasteiger charge is -2.14. The maximum Gasteiger partial charge on any atom is 0.262 e. The Bertz CT molecular complexity index is 1230. The second-order valence-electron chi connectivity index (χ2n) is 8.60. The third-order valence-electron chi connectivity index (χ3n) is 6.53. The van der Waals surface area contributed by atoms with E-state index in [0.29, 0.717) is 32.2 Å². The van der Waals surface area contributed by atoms with Gasteiger partial charge < -0.3 is 14.8 Å². The van der Waals surface area contributed by atoms with Crippen LogP contribution in [0.15, 0.2) is 58.1 Å². The van der Waals surface area contributed by atoms with E-state index < -0.39 is 0 Å². The number of amides is 3. The standard InChI is InChI=1S/C25H21BrClN3O5/c1-34-19-9-15(11-28-30-24(32)22-13-2-3-14(8-13)23(22)25(30)33)18(26)10-20(19)35-12-21(31)29-17-6-4-16(27)5-7-17/h2-7,9-11,13-14,22-23H,8,12H2,1H3,(H,29,31)/t13-,14-,22-,23+/m0/s1. The van der Waals surface area contributed by atoms with Crippen LogP contribution in [0.25, 0.3) is 0 Å². The van der Waals surface area contributed by atoms with Crippen LogP contribution in [0.2, 0.25) is 5.02 Å². The van der Waals surface area contributed by atoms with Crippen LogP contribution in [-0.2, 0) is 14.4 Å². The molecule has 4 atom stereocenters. The van der Waals surface area contributed by atoms with E-state index >= 15 is 0 Å². The molecule has 1 heterocycles. The number of hydrogen-bond donors (Lipinski definition) is 1. The second-order valence-corrected chi connectivity index (χ2v) is 9.89. The summed E-state index contributed by atoms with van der Waals surface area (Å²) in [7, 11) is 1.47. The monoisotopic (exact) mass is 557 g/mol. The number of hydrazone groups is 1. The number of ether oxygens (including phenoxy) is 2. The number of imide groups is 1. The van der Waals surface area contributed by atoms with Crippen molar-refractivity contribution in [1.82, 2.24) is 5.01 Å². The number of fused-ring (bicyclic) bond motifs is 5. The molecule has 180 valence electrons. The van der Waals surface area contributed by atoms with Gasteiger partial charge in [0.1, 0.15) is 0 Å². The van der Waals surface area contributed by atoms with Crippen molar-refractivity contribution in [3.05, 3.63) is 63.6 Å². The third kappa shape index (κ3) is 4.46. The highest BCUT2D eigenvalue weighted by Crippen LogP contribution is 2.52. The van der Waals surface area contributed by atoms with Crippen molar-refractivity contribution in [3.8, 4) is 11.5 Å². The summed E-state index contributed by atoms with van der Waals surface area (Å²) < 4.78 is 11.7. The molecule has 0 radical (unpaired) electrons. The number of rotatable bonds is 7. The van der Waals surface area contributed by atoms with Crippen LogP contribution in [-0.4, -0.2) is 42.7 Å². The van der Waals surface area contributed by atoms with Crippen LogP contribution in [0.1, 0.15) is 12.0 Å². The van der Waals surface area contributed by atoms with Gasteiger partial charge in [-0.3, -0.25) is 14.4 Å². The Morgan fingerprint density at radius 2 is 1.80 bits per heavy atom. The summed E-state index contributed by atoms with van der Waals surface area (Å²) in [5.41, 5.74) is 1.18. The number of hydrogen-bond acceptors (Lipinski definition) is 6. The zero-order valence-electron chi connectivity index (χ0n) is 18.6. The number of carbonyl (C=O) groups is 3. The molecule has 0 aromatic heterocycles. The number of benzene rings is 2. The molecule has 10 heteroatoms. The molecule has 3 aliphatic rings. The van der Waals surface area contributed by atoms with Crippen molar-refractivity contribution in [2.24, 2.45) is 28.8 Å². The summed E-state index contributed by atoms with van der Waals surface area (Å²) in [4.78, 5) is 37.9. The van der Waals surface area contributed by atoms with Gasteiger partial charge in [0.05, 0.1) is 25.2 Å². The van der Waals surface area contributed by atoms with Crippen LogP contribution < -0.4 is 14.8 Å². The Balaban J connectivity index is 1.26. The first-order chi connectivity index (χ1) is 16.9. The fraction of sp³-hybridized carbons (Fsp3) is 0.280. The van der Waals surface area contributed by atoms with E-state index in [9.17, 15) is 14.4 Å². The molecule has 1 saturated heterocycles. The number of allylic oxidation sites excluding steroid dienone is 2. The van der Waals surface area contributed by atoms with Crippen molar-refractivity contribution < 1.29 is 23.9 Å². The summed E-state index contributed by atoms with van der Waals surface area (Å²) in [6.07, 6.45) is 6.39. The molecule has 2 bridgehead atoms. The number of halogens is 2. The van der Waals surface area contributed by atoms with Crippen molar-refractivity contribution >= 4 is 57.2 Å². The fourth-order valence-corrected chi connectivity index (χ4v) is 5.47. The van der Waals surface area contributed by atoms with Crippen LogP contribution in [0, 0.1) is 23.7 Å². The van der Waals surface area contributed by atoms with E-state index in [0.717, 1.165) is 11.4 Å². The molecule has 2 aromatic carbocycles. The summed E-state index contributed by atoms with van der Waals surface area (Å²) >= 11 is 9.31. The van der Waals surface area contributed by atoms with E-state index in [2.05, 4.69) is 26.3 Å². The van der Waals surface area contributed by atoms with Crippen LogP contribution in [0.3, 0.4) is 0 Å². The highest BCUT2D eigenvalue weighted by molar-refractivity contribution is 9.10. The molecule has 0 spiro atoms. The molecule has 2 aromatic rings. The molecule has 5 rings (SSSR count). The predicted molar refractivity (Wildman–Crippen MR) is 133 cm³/mol. The number of anilines is 1. The van der Waals surface area contributed by atoms with Crippen LogP contribution >= 0.6 is 27.5 Å². The van der Waals surface area contributed by atoms with E-state index in [1.165, 1.54) is 13.3 Å². The molecule has 2 fully saturated rings. The molecule has 1 N–H and O–H groups in total. The second kappa shape index (κ2) is 9.47. The molecular weight excluding hydrogens is 538 g/mol. The minimum Gasteiger partial charge on any atom is -0.493 e. The number of carbonyl (C=O) groups excluding carboxylic acids is 3. The van der Waals surface area contributed by atoms with Gasteiger partial charge in [-0.1, -0.05) is 23.8 Å². The van der Waals surface area contributed by atoms with Crippen LogP contribution in [0.4, 0.5) is 5.69 Å². The van der Waals surface area contributed by atoms with E-state index in [1.54, 1.807) is 36.4 Å². The summed E-state index contributed by atoms with van der Waals surface area (Å²) in [6, 6.07) is 10.0. The van der Waals surface area contributed by atoms with Gasteiger partial charge in [-0.2, -0.15) is 10.1 Å². The molecule has 3 amide bonds. The minimum absolute atomic E-state index is 0.127. The summed E-state index contributed by atoms with van der Waals surface area (Å²) in [5.74, 6) is -0.490. The number of methoxy groups -OCH3 is 1. The first kappa shape index (κ1) is 23.6. The average molecular weight is 559 g/mol. The third-order valence-corrected chi connectivity index (χ3v) is 7.47. The van der Waals surface area contributed by atoms with E-state index in [1.807, 2.05) is 12.2 Å². The Labute approximate surface area is 215 Å². The van der Waals surface area contributed by atoms with Crippen molar-refractivity contribution in [1.29, 1.82) is 0 Å². The van der Waals surface area contributed by atoms with Gasteiger partial charge in [0.2, 0.25) is 0 Å². The normalized spacial score (nSPS) is 24.4. The first-order valence-electron chi connectivity index (χ1n) is 11.0. The molecule has 1 aliphatic heterocycles. The average Bonchev–Trinajstić information content (AvgIpc) is 3.53. The molecule has 0 unspecified atom stereocenters. The van der Waals surface area contributed by atoms with Gasteiger partial charge in [0.15, 0.2) is 18.1 Å². The molecular formula is C25H21BrClN3O5. The molecule has 2 aliphatic carbocycles. The zero-order valence-corrected chi connectivity index (χ0v) is 21.0. The quantitative estimate of drug-likeness (QED) is 0.311. The van der Waals surface area contributed by atoms with Crippen molar-refractivity contribution in [2.45, 2.75) is 6.42 Å². The highest BCUT2D eigenvalue weighted by Gasteiger charge is 2.59. The lowest BCUT2D eigenvalue weighted by atomic mass is 9.85. The van der Waals surface area contributed by atoms with Crippen molar-refractivity contribution in [3.63, 3.8) is 0 Å². The predicted octanol–water partition coefficient (Wildman–Crippen LogP) is 4.27. The first-order valence-corrected chi connectivity index (χ1v) is 12.2. The van der Waals surface area contributed by atoms with Crippen molar-refractivity contribution in [2.75, 3.05) is 19.0 Å². The van der Waals surface area contributed by atoms with E-state index in [4.69, 9.17) is 21.1 Å². The van der Waals surface area contributed by atoms with Gasteiger partial charge in [-0.25, -0.2) is 0 Å². The Morgan fingerprint density at radius 3 is 2.43 bits per heavy atom. The maximum absolute atomic E-state index is 12.8. The zero-order chi connectivity index (χ0) is 24.7. The Kier molecular flexibility index (Phi) is 6.37. The number of nitrogens with zero attached hydrogens (tertiary/aromatic N) is 2. The highest BCUT2D eigenvalue weighted by atomic mass is 79.9. The Hall–Kier alpha value is -3.17. The lowest BCUT2D eigenvalue weighted by Crippen LogP contribution is -2.28. The molecule has 1 saturated carbocycles. The molecule has 35 heavy (non-hydrogen) atoms. The van der Waals surface area contributed by atoms with Gasteiger partial charge in [0, 0.05) is 20.7 Å². The smallest absolute Gasteiger partial charge is 0.262 e. The Morgan fingerprint density at radius 1 is 1.14 bits per heavy atom. The largest absolute Gasteiger partial charge is 0.493 e. The molecule has 8 nitrogen and oxygen atoms in total. The minimum atomic E-state index is -0.351. The topological polar surface area (TPSA) is 97.3 Å². The van der Waals surface area contributed by atoms with Gasteiger partial charge in [0.25, 0.3) is 17.7 Å². The fourth-order valence-electron chi connectivity index (χ4n) is 4.92. The SMILES string of the molecule is COc1cc(C=NN2C(=O)[C@@H]3[C@H](C2=O)[C@H]2C=C[C@H]3C2)c(Br)cc1OCC(=O)Nc1ccc(Cl)cc1. The summed E-state index contributed by atoms with van der Waals surface area (Å²) in [6.45, 7) is -0.241. The number of nitrogens with one attached hydrogen (secondary N) is 1. The van der Waals surface area contributed by atoms with Gasteiger partial charge >= 0.3 is 0 Å².